The molecule has 0 fully saturated rings. The molecule has 0 bridgehead atoms. The normalized spacial score (nSPS) is 12.2. The van der Waals surface area contributed by atoms with Gasteiger partial charge in [-0.3, -0.25) is 0 Å². The molecule has 0 radical (unpaired) electrons. The number of hydrogen-bond acceptors (Lipinski definition) is 2. The van der Waals surface area contributed by atoms with Crippen LogP contribution in [0.25, 0.3) is 0 Å². The lowest BCUT2D eigenvalue weighted by molar-refractivity contribution is 0.407. The minimum atomic E-state index is -0.173. The average molecular weight is 306 g/mol. The molecule has 1 unspecified atom stereocenters. The number of aryl methyl sites for hydroxylation is 1. The maximum absolute atomic E-state index is 6.32. The van der Waals surface area contributed by atoms with E-state index in [2.05, 4.69) is 35.0 Å². The first-order valence-corrected chi connectivity index (χ1v) is 6.56. The van der Waals surface area contributed by atoms with Crippen molar-refractivity contribution < 1.29 is 4.74 Å². The van der Waals surface area contributed by atoms with Crippen LogP contribution < -0.4 is 10.5 Å². The number of halogens is 1. The van der Waals surface area contributed by atoms with E-state index in [-0.39, 0.29) is 6.04 Å². The van der Waals surface area contributed by atoms with Gasteiger partial charge in [-0.05, 0) is 24.6 Å². The highest BCUT2D eigenvalue weighted by molar-refractivity contribution is 9.10. The highest BCUT2D eigenvalue weighted by Gasteiger charge is 2.14. The Morgan fingerprint density at radius 3 is 2.61 bits per heavy atom. The van der Waals surface area contributed by atoms with Crippen molar-refractivity contribution >= 4 is 15.9 Å². The van der Waals surface area contributed by atoms with Crippen molar-refractivity contribution in [1.29, 1.82) is 0 Å². The van der Waals surface area contributed by atoms with Crippen LogP contribution in [0.15, 0.2) is 46.9 Å². The molecule has 0 aliphatic carbocycles. The van der Waals surface area contributed by atoms with Crippen LogP contribution in [0.5, 0.6) is 5.75 Å². The molecule has 2 aromatic carbocycles. The Kier molecular flexibility index (Phi) is 4.04. The van der Waals surface area contributed by atoms with Crippen molar-refractivity contribution in [3.8, 4) is 5.75 Å². The quantitative estimate of drug-likeness (QED) is 0.936. The van der Waals surface area contributed by atoms with Crippen LogP contribution in [-0.4, -0.2) is 7.11 Å². The first-order valence-electron chi connectivity index (χ1n) is 5.77. The second-order valence-electron chi connectivity index (χ2n) is 4.28. The molecule has 18 heavy (non-hydrogen) atoms. The topological polar surface area (TPSA) is 35.2 Å². The molecule has 2 N–H and O–H groups in total. The molecule has 0 heterocycles. The lowest BCUT2D eigenvalue weighted by atomic mass is 9.97. The third kappa shape index (κ3) is 2.74. The van der Waals surface area contributed by atoms with Gasteiger partial charge in [-0.2, -0.15) is 0 Å². The molecule has 0 aliphatic rings. The van der Waals surface area contributed by atoms with Gasteiger partial charge in [0, 0.05) is 10.0 Å². The van der Waals surface area contributed by atoms with Gasteiger partial charge < -0.3 is 10.5 Å². The van der Waals surface area contributed by atoms with Gasteiger partial charge in [0.15, 0.2) is 0 Å². The van der Waals surface area contributed by atoms with E-state index in [1.165, 1.54) is 5.56 Å². The number of rotatable bonds is 3. The Morgan fingerprint density at radius 1 is 1.17 bits per heavy atom. The fourth-order valence-corrected chi connectivity index (χ4v) is 2.33. The Labute approximate surface area is 116 Å². The van der Waals surface area contributed by atoms with Crippen LogP contribution >= 0.6 is 15.9 Å². The summed E-state index contributed by atoms with van der Waals surface area (Å²) in [6.07, 6.45) is 0. The summed E-state index contributed by atoms with van der Waals surface area (Å²) in [6, 6.07) is 14.0. The largest absolute Gasteiger partial charge is 0.496 e. The molecule has 1 atom stereocenters. The van der Waals surface area contributed by atoms with Crippen LogP contribution in [0.3, 0.4) is 0 Å². The van der Waals surface area contributed by atoms with E-state index in [1.54, 1.807) is 7.11 Å². The number of nitrogens with two attached hydrogens (primary N) is 1. The Bertz CT molecular complexity index is 554. The van der Waals surface area contributed by atoms with Crippen molar-refractivity contribution in [2.24, 2.45) is 5.73 Å². The van der Waals surface area contributed by atoms with Crippen molar-refractivity contribution in [3.63, 3.8) is 0 Å². The van der Waals surface area contributed by atoms with Gasteiger partial charge in [0.2, 0.25) is 0 Å². The van der Waals surface area contributed by atoms with Crippen molar-refractivity contribution in [2.75, 3.05) is 7.11 Å². The maximum Gasteiger partial charge on any atom is 0.125 e. The van der Waals surface area contributed by atoms with Gasteiger partial charge in [0.05, 0.1) is 13.2 Å². The molecular formula is C15H16BrNO. The third-order valence-electron chi connectivity index (χ3n) is 2.93. The lowest BCUT2D eigenvalue weighted by Gasteiger charge is -2.17. The molecule has 0 spiro atoms. The summed E-state index contributed by atoms with van der Waals surface area (Å²) >= 11 is 3.43. The van der Waals surface area contributed by atoms with E-state index in [4.69, 9.17) is 10.5 Å². The second kappa shape index (κ2) is 5.55. The SMILES string of the molecule is COc1cc(Br)ccc1C(N)c1cccc(C)c1. The molecule has 0 aromatic heterocycles. The number of ether oxygens (including phenoxy) is 1. The summed E-state index contributed by atoms with van der Waals surface area (Å²) in [5, 5.41) is 0. The van der Waals surface area contributed by atoms with Gasteiger partial charge in [-0.1, -0.05) is 51.8 Å². The van der Waals surface area contributed by atoms with E-state index >= 15 is 0 Å². The predicted molar refractivity (Wildman–Crippen MR) is 77.9 cm³/mol. The molecule has 3 heteroatoms. The van der Waals surface area contributed by atoms with E-state index in [1.807, 2.05) is 30.3 Å². The van der Waals surface area contributed by atoms with Gasteiger partial charge >= 0.3 is 0 Å². The fourth-order valence-electron chi connectivity index (χ4n) is 1.99. The number of hydrogen-bond donors (Lipinski definition) is 1. The van der Waals surface area contributed by atoms with Gasteiger partial charge in [0.25, 0.3) is 0 Å². The molecule has 2 nitrogen and oxygen atoms in total. The highest BCUT2D eigenvalue weighted by Crippen LogP contribution is 2.31. The third-order valence-corrected chi connectivity index (χ3v) is 3.43. The number of methoxy groups -OCH3 is 1. The van der Waals surface area contributed by atoms with E-state index in [9.17, 15) is 0 Å². The van der Waals surface area contributed by atoms with Gasteiger partial charge in [-0.25, -0.2) is 0 Å². The van der Waals surface area contributed by atoms with E-state index in [0.29, 0.717) is 0 Å². The Hall–Kier alpha value is -1.32. The summed E-state index contributed by atoms with van der Waals surface area (Å²) in [7, 11) is 1.66. The summed E-state index contributed by atoms with van der Waals surface area (Å²) in [5.74, 6) is 0.804. The fraction of sp³-hybridized carbons (Fsp3) is 0.200. The minimum absolute atomic E-state index is 0.173. The second-order valence-corrected chi connectivity index (χ2v) is 5.19. The zero-order chi connectivity index (χ0) is 13.1. The maximum atomic E-state index is 6.32. The van der Waals surface area contributed by atoms with Crippen LogP contribution in [0, 0.1) is 6.92 Å². The molecule has 0 saturated carbocycles. The molecule has 0 aliphatic heterocycles. The molecular weight excluding hydrogens is 290 g/mol. The van der Waals surface area contributed by atoms with E-state index < -0.39 is 0 Å². The minimum Gasteiger partial charge on any atom is -0.496 e. The average Bonchev–Trinajstić information content (AvgIpc) is 2.37. The van der Waals surface area contributed by atoms with Gasteiger partial charge in [-0.15, -0.1) is 0 Å². The number of benzene rings is 2. The standard InChI is InChI=1S/C15H16BrNO/c1-10-4-3-5-11(8-10)15(17)13-7-6-12(16)9-14(13)18-2/h3-9,15H,17H2,1-2H3. The first kappa shape index (κ1) is 13.1. The van der Waals surface area contributed by atoms with Crippen LogP contribution in [0.4, 0.5) is 0 Å². The van der Waals surface area contributed by atoms with Crippen LogP contribution in [-0.2, 0) is 0 Å². The molecule has 0 amide bonds. The first-order chi connectivity index (χ1) is 8.61. The van der Waals surface area contributed by atoms with Crippen LogP contribution in [0.1, 0.15) is 22.7 Å². The summed E-state index contributed by atoms with van der Waals surface area (Å²) in [4.78, 5) is 0. The van der Waals surface area contributed by atoms with Gasteiger partial charge in [0.1, 0.15) is 5.75 Å². The molecule has 2 rings (SSSR count). The lowest BCUT2D eigenvalue weighted by Crippen LogP contribution is -2.13. The van der Waals surface area contributed by atoms with E-state index in [0.717, 1.165) is 21.3 Å². The zero-order valence-electron chi connectivity index (χ0n) is 10.5. The Morgan fingerprint density at radius 2 is 1.94 bits per heavy atom. The molecule has 0 saturated heterocycles. The summed E-state index contributed by atoms with van der Waals surface area (Å²) in [5.41, 5.74) is 9.61. The predicted octanol–water partition coefficient (Wildman–Crippen LogP) is 3.81. The zero-order valence-corrected chi connectivity index (χ0v) is 12.1. The molecule has 94 valence electrons. The van der Waals surface area contributed by atoms with Crippen molar-refractivity contribution in [3.05, 3.63) is 63.6 Å². The van der Waals surface area contributed by atoms with Crippen LogP contribution in [0.2, 0.25) is 0 Å². The monoisotopic (exact) mass is 305 g/mol. The smallest absolute Gasteiger partial charge is 0.125 e. The Balaban J connectivity index is 2.42. The summed E-state index contributed by atoms with van der Waals surface area (Å²) in [6.45, 7) is 2.06. The summed E-state index contributed by atoms with van der Waals surface area (Å²) < 4.78 is 6.37. The highest BCUT2D eigenvalue weighted by atomic mass is 79.9. The molecule has 2 aromatic rings. The van der Waals surface area contributed by atoms with Crippen molar-refractivity contribution in [1.82, 2.24) is 0 Å². The van der Waals surface area contributed by atoms with Crippen molar-refractivity contribution in [2.45, 2.75) is 13.0 Å².